The van der Waals surface area contributed by atoms with Crippen LogP contribution in [0.1, 0.15) is 0 Å². The molecule has 3 aromatic rings. The number of halogens is 2. The number of nitrogens with one attached hydrogen (secondary N) is 2. The van der Waals surface area contributed by atoms with Crippen molar-refractivity contribution in [2.75, 3.05) is 22.1 Å². The van der Waals surface area contributed by atoms with Gasteiger partial charge in [0, 0.05) is 0 Å². The number of nitrogens with zero attached hydrogens (tertiary/aromatic N) is 2. The third kappa shape index (κ3) is 6.51. The van der Waals surface area contributed by atoms with Crippen molar-refractivity contribution < 1.29 is 18.4 Å². The Balaban J connectivity index is 1.43. The first-order chi connectivity index (χ1) is 14.0. The summed E-state index contributed by atoms with van der Waals surface area (Å²) in [6.07, 6.45) is 0. The summed E-state index contributed by atoms with van der Waals surface area (Å²) < 4.78 is 28.2. The highest BCUT2D eigenvalue weighted by molar-refractivity contribution is 8.03. The van der Waals surface area contributed by atoms with Crippen LogP contribution in [0.4, 0.5) is 20.2 Å². The molecule has 0 fully saturated rings. The number of hydrogen-bond acceptors (Lipinski definition) is 7. The van der Waals surface area contributed by atoms with E-state index in [1.807, 2.05) is 0 Å². The van der Waals surface area contributed by atoms with Crippen LogP contribution in [0.3, 0.4) is 0 Å². The smallest absolute Gasteiger partial charge is 0.234 e. The summed E-state index contributed by atoms with van der Waals surface area (Å²) in [6.45, 7) is 0. The fourth-order valence-corrected chi connectivity index (χ4v) is 4.69. The molecular weight excluding hydrogens is 438 g/mol. The minimum absolute atomic E-state index is 0.0431. The molecule has 0 aliphatic heterocycles. The molecule has 6 nitrogen and oxygen atoms in total. The van der Waals surface area contributed by atoms with Crippen LogP contribution in [0.25, 0.3) is 0 Å². The van der Waals surface area contributed by atoms with Gasteiger partial charge in [0.1, 0.15) is 11.6 Å². The lowest BCUT2D eigenvalue weighted by Gasteiger charge is -2.05. The normalized spacial score (nSPS) is 10.6. The molecule has 2 aromatic carbocycles. The summed E-state index contributed by atoms with van der Waals surface area (Å²) in [7, 11) is 0. The van der Waals surface area contributed by atoms with Gasteiger partial charge in [-0.25, -0.2) is 8.78 Å². The molecule has 0 bridgehead atoms. The summed E-state index contributed by atoms with van der Waals surface area (Å²) in [4.78, 5) is 23.9. The maximum Gasteiger partial charge on any atom is 0.234 e. The summed E-state index contributed by atoms with van der Waals surface area (Å²) in [5, 5.41) is 12.9. The summed E-state index contributed by atoms with van der Waals surface area (Å²) in [5.41, 5.74) is 0.236. The molecule has 2 N–H and O–H groups in total. The predicted molar refractivity (Wildman–Crippen MR) is 111 cm³/mol. The standard InChI is InChI=1S/C18H14F2N4O2S3/c19-11-5-1-3-7-13(11)21-15(25)9-27-17-23-24-18(29-17)28-10-16(26)22-14-8-4-2-6-12(14)20/h1-8H,9-10H2,(H,21,25)(H,22,26). The van der Waals surface area contributed by atoms with Gasteiger partial charge in [0.25, 0.3) is 0 Å². The number of rotatable bonds is 8. The lowest BCUT2D eigenvalue weighted by Crippen LogP contribution is -2.14. The van der Waals surface area contributed by atoms with Crippen LogP contribution in [-0.4, -0.2) is 33.5 Å². The zero-order valence-electron chi connectivity index (χ0n) is 14.7. The molecule has 1 aromatic heterocycles. The van der Waals surface area contributed by atoms with Gasteiger partial charge in [0.15, 0.2) is 8.68 Å². The summed E-state index contributed by atoms with van der Waals surface area (Å²) in [6, 6.07) is 11.8. The lowest BCUT2D eigenvalue weighted by molar-refractivity contribution is -0.114. The molecule has 0 radical (unpaired) electrons. The van der Waals surface area contributed by atoms with E-state index in [2.05, 4.69) is 20.8 Å². The molecule has 150 valence electrons. The topological polar surface area (TPSA) is 84.0 Å². The highest BCUT2D eigenvalue weighted by atomic mass is 32.2. The van der Waals surface area contributed by atoms with Crippen molar-refractivity contribution in [3.8, 4) is 0 Å². The average molecular weight is 453 g/mol. The molecule has 3 rings (SSSR count). The highest BCUT2D eigenvalue weighted by Gasteiger charge is 2.12. The average Bonchev–Trinajstić information content (AvgIpc) is 3.16. The maximum atomic E-state index is 13.5. The van der Waals surface area contributed by atoms with Gasteiger partial charge >= 0.3 is 0 Å². The second-order valence-corrected chi connectivity index (χ2v) is 8.89. The van der Waals surface area contributed by atoms with Crippen LogP contribution in [0, 0.1) is 11.6 Å². The third-order valence-electron chi connectivity index (χ3n) is 3.34. The molecular formula is C18H14F2N4O2S3. The first-order valence-electron chi connectivity index (χ1n) is 8.19. The van der Waals surface area contributed by atoms with Crippen molar-refractivity contribution in [2.24, 2.45) is 0 Å². The summed E-state index contributed by atoms with van der Waals surface area (Å²) in [5.74, 6) is -1.66. The minimum Gasteiger partial charge on any atom is -0.323 e. The Morgan fingerprint density at radius 3 is 1.62 bits per heavy atom. The molecule has 0 aliphatic carbocycles. The predicted octanol–water partition coefficient (Wildman–Crippen LogP) is 4.28. The van der Waals surface area contributed by atoms with Crippen LogP contribution in [0.15, 0.2) is 57.2 Å². The van der Waals surface area contributed by atoms with Crippen LogP contribution in [-0.2, 0) is 9.59 Å². The van der Waals surface area contributed by atoms with E-state index in [0.717, 1.165) is 23.5 Å². The Morgan fingerprint density at radius 2 is 1.21 bits per heavy atom. The fraction of sp³-hybridized carbons (Fsp3) is 0.111. The zero-order chi connectivity index (χ0) is 20.6. The van der Waals surface area contributed by atoms with E-state index in [4.69, 9.17) is 0 Å². The molecule has 0 spiro atoms. The summed E-state index contributed by atoms with van der Waals surface area (Å²) >= 11 is 3.55. The molecule has 2 amide bonds. The Labute approximate surface area is 177 Å². The number of amides is 2. The van der Waals surface area contributed by atoms with E-state index in [0.29, 0.717) is 8.68 Å². The van der Waals surface area contributed by atoms with Crippen molar-refractivity contribution in [3.05, 3.63) is 60.2 Å². The molecule has 29 heavy (non-hydrogen) atoms. The number of benzene rings is 2. The fourth-order valence-electron chi connectivity index (χ4n) is 2.07. The number of thioether (sulfide) groups is 2. The van der Waals surface area contributed by atoms with E-state index < -0.39 is 11.6 Å². The second-order valence-electron chi connectivity index (χ2n) is 5.47. The van der Waals surface area contributed by atoms with Crippen molar-refractivity contribution in [2.45, 2.75) is 8.68 Å². The van der Waals surface area contributed by atoms with Crippen molar-refractivity contribution in [1.29, 1.82) is 0 Å². The van der Waals surface area contributed by atoms with Gasteiger partial charge in [0.2, 0.25) is 11.8 Å². The molecule has 1 heterocycles. The zero-order valence-corrected chi connectivity index (χ0v) is 17.2. The first-order valence-corrected chi connectivity index (χ1v) is 11.0. The van der Waals surface area contributed by atoms with E-state index in [-0.39, 0.29) is 34.7 Å². The van der Waals surface area contributed by atoms with Crippen molar-refractivity contribution >= 4 is 58.0 Å². The van der Waals surface area contributed by atoms with Gasteiger partial charge in [-0.05, 0) is 24.3 Å². The van der Waals surface area contributed by atoms with Gasteiger partial charge in [-0.1, -0.05) is 59.1 Å². The molecule has 0 atom stereocenters. The molecule has 11 heteroatoms. The Bertz CT molecular complexity index is 938. The molecule has 0 saturated carbocycles. The van der Waals surface area contributed by atoms with Crippen LogP contribution >= 0.6 is 34.9 Å². The highest BCUT2D eigenvalue weighted by Crippen LogP contribution is 2.29. The minimum atomic E-state index is -0.505. The Kier molecular flexibility index (Phi) is 7.55. The van der Waals surface area contributed by atoms with Gasteiger partial charge in [-0.2, -0.15) is 0 Å². The third-order valence-corrected chi connectivity index (χ3v) is 6.53. The maximum absolute atomic E-state index is 13.5. The van der Waals surface area contributed by atoms with E-state index in [1.165, 1.54) is 47.7 Å². The van der Waals surface area contributed by atoms with Crippen molar-refractivity contribution in [1.82, 2.24) is 10.2 Å². The number of anilines is 2. The van der Waals surface area contributed by atoms with Crippen LogP contribution < -0.4 is 10.6 Å². The van der Waals surface area contributed by atoms with Crippen LogP contribution in [0.2, 0.25) is 0 Å². The number of carbonyl (C=O) groups is 2. The van der Waals surface area contributed by atoms with E-state index in [1.54, 1.807) is 12.1 Å². The van der Waals surface area contributed by atoms with E-state index in [9.17, 15) is 18.4 Å². The van der Waals surface area contributed by atoms with Crippen LogP contribution in [0.5, 0.6) is 0 Å². The van der Waals surface area contributed by atoms with Gasteiger partial charge in [-0.15, -0.1) is 10.2 Å². The monoisotopic (exact) mass is 452 g/mol. The number of carbonyl (C=O) groups excluding carboxylic acids is 2. The van der Waals surface area contributed by atoms with Gasteiger partial charge in [0.05, 0.1) is 22.9 Å². The van der Waals surface area contributed by atoms with Crippen molar-refractivity contribution in [3.63, 3.8) is 0 Å². The first kappa shape index (κ1) is 21.2. The Hall–Kier alpha value is -2.50. The van der Waals surface area contributed by atoms with Gasteiger partial charge in [-0.3, -0.25) is 9.59 Å². The number of aromatic nitrogens is 2. The SMILES string of the molecule is O=C(CSc1nnc(SCC(=O)Nc2ccccc2F)s1)Nc1ccccc1F. The second kappa shape index (κ2) is 10.3. The molecule has 0 saturated heterocycles. The molecule has 0 aliphatic rings. The number of hydrogen-bond donors (Lipinski definition) is 2. The largest absolute Gasteiger partial charge is 0.323 e. The number of para-hydroxylation sites is 2. The quantitative estimate of drug-likeness (QED) is 0.497. The lowest BCUT2D eigenvalue weighted by atomic mass is 10.3. The molecule has 0 unspecified atom stereocenters. The van der Waals surface area contributed by atoms with E-state index >= 15 is 0 Å². The Morgan fingerprint density at radius 1 is 0.793 bits per heavy atom. The van der Waals surface area contributed by atoms with Gasteiger partial charge < -0.3 is 10.6 Å².